The third-order valence-electron chi connectivity index (χ3n) is 3.96. The Morgan fingerprint density at radius 1 is 0.533 bits per heavy atom. The summed E-state index contributed by atoms with van der Waals surface area (Å²) in [5.41, 5.74) is 0. The van der Waals surface area contributed by atoms with E-state index in [9.17, 15) is 0 Å². The van der Waals surface area contributed by atoms with E-state index in [0.29, 0.717) is 64.4 Å². The van der Waals surface area contributed by atoms with Crippen LogP contribution < -0.4 is 9.47 Å². The van der Waals surface area contributed by atoms with Crippen LogP contribution in [0.5, 0.6) is 11.5 Å². The molecule has 0 aliphatic heterocycles. The highest BCUT2D eigenvalue weighted by atomic mass is 16.6. The van der Waals surface area contributed by atoms with Crippen molar-refractivity contribution < 1.29 is 28.4 Å². The maximum absolute atomic E-state index is 5.77. The number of para-hydroxylation sites is 2. The van der Waals surface area contributed by atoms with Crippen LogP contribution in [-0.2, 0) is 18.9 Å². The summed E-state index contributed by atoms with van der Waals surface area (Å²) < 4.78 is 33.5. The largest absolute Gasteiger partial charge is 0.487 e. The van der Waals surface area contributed by atoms with Gasteiger partial charge in [-0.3, -0.25) is 0 Å². The smallest absolute Gasteiger partial charge is 0.161 e. The Labute approximate surface area is 181 Å². The van der Waals surface area contributed by atoms with Gasteiger partial charge in [0.05, 0.1) is 39.6 Å². The number of ether oxygens (including phenoxy) is 6. The van der Waals surface area contributed by atoms with Gasteiger partial charge in [-0.2, -0.15) is 0 Å². The zero-order valence-corrected chi connectivity index (χ0v) is 18.2. The molecule has 1 aromatic carbocycles. The number of rotatable bonds is 22. The summed E-state index contributed by atoms with van der Waals surface area (Å²) in [5, 5.41) is 0. The van der Waals surface area contributed by atoms with Crippen molar-refractivity contribution >= 4 is 0 Å². The molecule has 0 fully saturated rings. The zero-order valence-electron chi connectivity index (χ0n) is 18.2. The third kappa shape index (κ3) is 15.0. The number of hydrogen-bond acceptors (Lipinski definition) is 6. The number of benzene rings is 1. The van der Waals surface area contributed by atoms with Crippen LogP contribution in [0.15, 0.2) is 49.6 Å². The second kappa shape index (κ2) is 20.4. The molecule has 0 aliphatic carbocycles. The fourth-order valence-electron chi connectivity index (χ4n) is 2.41. The first-order valence-corrected chi connectivity index (χ1v) is 10.8. The molecule has 0 saturated carbocycles. The molecule has 0 spiro atoms. The first-order valence-electron chi connectivity index (χ1n) is 10.8. The van der Waals surface area contributed by atoms with E-state index in [4.69, 9.17) is 28.4 Å². The SMILES string of the molecule is C=CCCCOCCOCCOc1ccccc1OCCOCCOCCCC=C. The molecule has 0 unspecified atom stereocenters. The molecule has 0 atom stereocenters. The van der Waals surface area contributed by atoms with E-state index in [0.717, 1.165) is 38.9 Å². The predicted molar refractivity (Wildman–Crippen MR) is 120 cm³/mol. The summed E-state index contributed by atoms with van der Waals surface area (Å²) in [6.07, 6.45) is 7.75. The molecular weight excluding hydrogens is 384 g/mol. The summed E-state index contributed by atoms with van der Waals surface area (Å²) in [6.45, 7) is 13.1. The number of allylic oxidation sites excluding steroid dienone is 2. The van der Waals surface area contributed by atoms with Crippen LogP contribution in [0.2, 0.25) is 0 Å². The minimum absolute atomic E-state index is 0.455. The van der Waals surface area contributed by atoms with Crippen LogP contribution in [0.3, 0.4) is 0 Å². The van der Waals surface area contributed by atoms with Crippen molar-refractivity contribution in [3.63, 3.8) is 0 Å². The summed E-state index contributed by atoms with van der Waals surface area (Å²) in [6, 6.07) is 7.60. The van der Waals surface area contributed by atoms with Crippen LogP contribution in [0, 0.1) is 0 Å². The molecule has 0 heterocycles. The molecule has 0 aliphatic rings. The Bertz CT molecular complexity index is 487. The molecular formula is C24H38O6. The molecule has 6 nitrogen and oxygen atoms in total. The van der Waals surface area contributed by atoms with Gasteiger partial charge in [-0.05, 0) is 37.8 Å². The van der Waals surface area contributed by atoms with E-state index < -0.39 is 0 Å². The van der Waals surface area contributed by atoms with Gasteiger partial charge in [0.2, 0.25) is 0 Å². The van der Waals surface area contributed by atoms with Gasteiger partial charge in [-0.25, -0.2) is 0 Å². The van der Waals surface area contributed by atoms with Crippen LogP contribution in [0.1, 0.15) is 25.7 Å². The van der Waals surface area contributed by atoms with E-state index in [2.05, 4.69) is 13.2 Å². The number of unbranched alkanes of at least 4 members (excludes halogenated alkanes) is 2. The minimum Gasteiger partial charge on any atom is -0.487 e. The van der Waals surface area contributed by atoms with Crippen molar-refractivity contribution in [2.45, 2.75) is 25.7 Å². The average molecular weight is 423 g/mol. The van der Waals surface area contributed by atoms with Gasteiger partial charge in [0.15, 0.2) is 11.5 Å². The van der Waals surface area contributed by atoms with Crippen LogP contribution in [0.4, 0.5) is 0 Å². The first-order chi connectivity index (χ1) is 14.9. The average Bonchev–Trinajstić information content (AvgIpc) is 2.77. The van der Waals surface area contributed by atoms with Crippen molar-refractivity contribution in [2.24, 2.45) is 0 Å². The fraction of sp³-hybridized carbons (Fsp3) is 0.583. The Hall–Kier alpha value is -1.86. The maximum Gasteiger partial charge on any atom is 0.161 e. The summed E-state index contributed by atoms with van der Waals surface area (Å²) in [7, 11) is 0. The second-order valence-electron chi connectivity index (χ2n) is 6.45. The quantitative estimate of drug-likeness (QED) is 0.203. The highest BCUT2D eigenvalue weighted by Crippen LogP contribution is 2.26. The van der Waals surface area contributed by atoms with Crippen LogP contribution in [0.25, 0.3) is 0 Å². The fourth-order valence-corrected chi connectivity index (χ4v) is 2.41. The van der Waals surface area contributed by atoms with Gasteiger partial charge in [-0.1, -0.05) is 24.3 Å². The van der Waals surface area contributed by atoms with Crippen molar-refractivity contribution in [1.29, 1.82) is 0 Å². The lowest BCUT2D eigenvalue weighted by Crippen LogP contribution is -2.13. The minimum atomic E-state index is 0.455. The Balaban J connectivity index is 2.03. The van der Waals surface area contributed by atoms with Crippen LogP contribution in [-0.4, -0.2) is 66.1 Å². The Morgan fingerprint density at radius 2 is 0.900 bits per heavy atom. The lowest BCUT2D eigenvalue weighted by Gasteiger charge is -2.13. The van der Waals surface area contributed by atoms with Crippen molar-refractivity contribution in [1.82, 2.24) is 0 Å². The van der Waals surface area contributed by atoms with Gasteiger partial charge in [0.1, 0.15) is 13.2 Å². The predicted octanol–water partition coefficient (Wildman–Crippen LogP) is 4.44. The molecule has 1 aromatic rings. The molecule has 1 rings (SSSR count). The molecule has 0 bridgehead atoms. The lowest BCUT2D eigenvalue weighted by molar-refractivity contribution is 0.0327. The Morgan fingerprint density at radius 3 is 1.30 bits per heavy atom. The molecule has 0 aromatic heterocycles. The number of hydrogen-bond donors (Lipinski definition) is 0. The van der Waals surface area contributed by atoms with Gasteiger partial charge in [-0.15, -0.1) is 13.2 Å². The molecule has 170 valence electrons. The molecule has 0 N–H and O–H groups in total. The normalized spacial score (nSPS) is 10.7. The van der Waals surface area contributed by atoms with E-state index in [1.807, 2.05) is 36.4 Å². The first kappa shape index (κ1) is 26.2. The van der Waals surface area contributed by atoms with Gasteiger partial charge >= 0.3 is 0 Å². The maximum atomic E-state index is 5.77. The van der Waals surface area contributed by atoms with Crippen molar-refractivity contribution in [2.75, 3.05) is 66.1 Å². The van der Waals surface area contributed by atoms with E-state index in [1.54, 1.807) is 0 Å². The van der Waals surface area contributed by atoms with Gasteiger partial charge < -0.3 is 28.4 Å². The lowest BCUT2D eigenvalue weighted by atomic mass is 10.3. The topological polar surface area (TPSA) is 55.4 Å². The molecule has 0 radical (unpaired) electrons. The molecule has 30 heavy (non-hydrogen) atoms. The highest BCUT2D eigenvalue weighted by Gasteiger charge is 2.04. The van der Waals surface area contributed by atoms with E-state index in [1.165, 1.54) is 0 Å². The van der Waals surface area contributed by atoms with E-state index >= 15 is 0 Å². The second-order valence-corrected chi connectivity index (χ2v) is 6.45. The zero-order chi connectivity index (χ0) is 21.5. The monoisotopic (exact) mass is 422 g/mol. The van der Waals surface area contributed by atoms with E-state index in [-0.39, 0.29) is 0 Å². The van der Waals surface area contributed by atoms with Crippen LogP contribution >= 0.6 is 0 Å². The summed E-state index contributed by atoms with van der Waals surface area (Å²) in [5.74, 6) is 1.40. The van der Waals surface area contributed by atoms with Gasteiger partial charge in [0, 0.05) is 13.2 Å². The summed E-state index contributed by atoms with van der Waals surface area (Å²) in [4.78, 5) is 0. The molecule has 6 heteroatoms. The standard InChI is InChI=1S/C24H38O6/c1-3-5-9-13-25-15-17-27-19-21-29-23-11-7-8-12-24(23)30-22-20-28-18-16-26-14-10-6-4-2/h3-4,7-8,11-12H,1-2,5-6,9-10,13-22H2. The van der Waals surface area contributed by atoms with Crippen molar-refractivity contribution in [3.05, 3.63) is 49.6 Å². The third-order valence-corrected chi connectivity index (χ3v) is 3.96. The highest BCUT2D eigenvalue weighted by molar-refractivity contribution is 5.39. The summed E-state index contributed by atoms with van der Waals surface area (Å²) >= 11 is 0. The van der Waals surface area contributed by atoms with Gasteiger partial charge in [0.25, 0.3) is 0 Å². The van der Waals surface area contributed by atoms with Crippen molar-refractivity contribution in [3.8, 4) is 11.5 Å². The molecule has 0 saturated heterocycles. The Kier molecular flexibility index (Phi) is 17.8. The molecule has 0 amide bonds.